The van der Waals surface area contributed by atoms with E-state index in [0.717, 1.165) is 16.8 Å². The molecule has 0 radical (unpaired) electrons. The summed E-state index contributed by atoms with van der Waals surface area (Å²) in [5.41, 5.74) is 2.57. The summed E-state index contributed by atoms with van der Waals surface area (Å²) in [4.78, 5) is 13.5. The topological polar surface area (TPSA) is 40.5 Å². The highest BCUT2D eigenvalue weighted by Crippen LogP contribution is 2.24. The van der Waals surface area contributed by atoms with Crippen LogP contribution in [0.15, 0.2) is 48.5 Å². The van der Waals surface area contributed by atoms with E-state index < -0.39 is 11.9 Å². The van der Waals surface area contributed by atoms with Crippen molar-refractivity contribution in [3.63, 3.8) is 0 Å². The zero-order valence-corrected chi connectivity index (χ0v) is 12.1. The van der Waals surface area contributed by atoms with Gasteiger partial charge in [0.15, 0.2) is 0 Å². The molecule has 0 saturated heterocycles. The predicted molar refractivity (Wildman–Crippen MR) is 81.2 cm³/mol. The van der Waals surface area contributed by atoms with Crippen molar-refractivity contribution < 1.29 is 14.3 Å². The average molecular weight is 287 g/mol. The van der Waals surface area contributed by atoms with Gasteiger partial charge >= 0.3 is 5.97 Å². The lowest BCUT2D eigenvalue weighted by atomic mass is 9.92. The first-order valence-electron chi connectivity index (χ1n) is 6.72. The molecule has 0 aliphatic rings. The molecule has 2 aromatic carbocycles. The Hall–Kier alpha value is -2.36. The quantitative estimate of drug-likeness (QED) is 0.917. The summed E-state index contributed by atoms with van der Waals surface area (Å²) in [6.07, 6.45) is 0.344. The summed E-state index contributed by atoms with van der Waals surface area (Å²) >= 11 is 0. The number of rotatable bonds is 5. The SMILES string of the molecule is CN(C)c1ccc(C(Cc2ccc(F)cc2)C(=O)O)cc1. The summed E-state index contributed by atoms with van der Waals surface area (Å²) in [5, 5.41) is 9.44. The Morgan fingerprint density at radius 2 is 1.67 bits per heavy atom. The number of carboxylic acid groups (broad SMARTS) is 1. The van der Waals surface area contributed by atoms with Crippen LogP contribution in [-0.2, 0) is 11.2 Å². The predicted octanol–water partition coefficient (Wildman–Crippen LogP) is 3.30. The van der Waals surface area contributed by atoms with Crippen molar-refractivity contribution in [2.75, 3.05) is 19.0 Å². The van der Waals surface area contributed by atoms with Crippen LogP contribution in [0.2, 0.25) is 0 Å². The van der Waals surface area contributed by atoms with Crippen molar-refractivity contribution in [2.45, 2.75) is 12.3 Å². The highest BCUT2D eigenvalue weighted by atomic mass is 19.1. The Kier molecular flexibility index (Phi) is 4.58. The van der Waals surface area contributed by atoms with Crippen LogP contribution in [0.1, 0.15) is 17.0 Å². The molecule has 0 spiro atoms. The van der Waals surface area contributed by atoms with Crippen molar-refractivity contribution in [1.29, 1.82) is 0 Å². The van der Waals surface area contributed by atoms with E-state index >= 15 is 0 Å². The van der Waals surface area contributed by atoms with Gasteiger partial charge in [-0.1, -0.05) is 24.3 Å². The maximum Gasteiger partial charge on any atom is 0.311 e. The molecule has 21 heavy (non-hydrogen) atoms. The third-order valence-corrected chi connectivity index (χ3v) is 3.46. The molecule has 4 heteroatoms. The maximum atomic E-state index is 12.9. The second kappa shape index (κ2) is 6.39. The zero-order chi connectivity index (χ0) is 15.4. The Labute approximate surface area is 123 Å². The van der Waals surface area contributed by atoms with E-state index in [1.165, 1.54) is 12.1 Å². The average Bonchev–Trinajstić information content (AvgIpc) is 2.46. The van der Waals surface area contributed by atoms with Gasteiger partial charge in [-0.25, -0.2) is 4.39 Å². The Morgan fingerprint density at radius 3 is 2.14 bits per heavy atom. The molecule has 110 valence electrons. The number of halogens is 1. The number of hydrogen-bond donors (Lipinski definition) is 1. The first-order valence-corrected chi connectivity index (χ1v) is 6.72. The zero-order valence-electron chi connectivity index (χ0n) is 12.1. The van der Waals surface area contributed by atoms with Crippen LogP contribution in [-0.4, -0.2) is 25.2 Å². The van der Waals surface area contributed by atoms with Crippen LogP contribution >= 0.6 is 0 Å². The molecule has 0 saturated carbocycles. The van der Waals surface area contributed by atoms with Gasteiger partial charge in [-0.3, -0.25) is 4.79 Å². The summed E-state index contributed by atoms with van der Waals surface area (Å²) in [5.74, 6) is -1.83. The van der Waals surface area contributed by atoms with Crippen LogP contribution in [0.3, 0.4) is 0 Å². The Balaban J connectivity index is 2.22. The molecular formula is C17H18FNO2. The first kappa shape index (κ1) is 15.0. The molecule has 1 atom stereocenters. The van der Waals surface area contributed by atoms with Crippen molar-refractivity contribution in [2.24, 2.45) is 0 Å². The number of anilines is 1. The molecule has 0 heterocycles. The van der Waals surface area contributed by atoms with Crippen molar-refractivity contribution in [1.82, 2.24) is 0 Å². The maximum absolute atomic E-state index is 12.9. The standard InChI is InChI=1S/C17H18FNO2/c1-19(2)15-9-5-13(6-10-15)16(17(20)21)11-12-3-7-14(18)8-4-12/h3-10,16H,11H2,1-2H3,(H,20,21). The first-order chi connectivity index (χ1) is 9.97. The minimum atomic E-state index is -0.878. The van der Waals surface area contributed by atoms with Gasteiger partial charge in [-0.2, -0.15) is 0 Å². The van der Waals surface area contributed by atoms with Gasteiger partial charge in [-0.05, 0) is 41.8 Å². The van der Waals surface area contributed by atoms with E-state index in [9.17, 15) is 14.3 Å². The Morgan fingerprint density at radius 1 is 1.10 bits per heavy atom. The van der Waals surface area contributed by atoms with Gasteiger partial charge in [0.25, 0.3) is 0 Å². The highest BCUT2D eigenvalue weighted by molar-refractivity contribution is 5.76. The van der Waals surface area contributed by atoms with Crippen LogP contribution < -0.4 is 4.90 Å². The van der Waals surface area contributed by atoms with Gasteiger partial charge in [0.2, 0.25) is 0 Å². The molecule has 2 aromatic rings. The van der Waals surface area contributed by atoms with Crippen molar-refractivity contribution in [3.05, 3.63) is 65.5 Å². The number of carboxylic acids is 1. The number of carbonyl (C=O) groups is 1. The van der Waals surface area contributed by atoms with Crippen molar-refractivity contribution >= 4 is 11.7 Å². The van der Waals surface area contributed by atoms with Crippen LogP contribution in [0, 0.1) is 5.82 Å². The minimum Gasteiger partial charge on any atom is -0.481 e. The fraction of sp³-hybridized carbons (Fsp3) is 0.235. The minimum absolute atomic E-state index is 0.319. The lowest BCUT2D eigenvalue weighted by molar-refractivity contribution is -0.138. The number of nitrogens with zero attached hydrogens (tertiary/aromatic N) is 1. The molecule has 2 rings (SSSR count). The number of benzene rings is 2. The van der Waals surface area contributed by atoms with Crippen molar-refractivity contribution in [3.8, 4) is 0 Å². The van der Waals surface area contributed by atoms with Gasteiger partial charge in [0.1, 0.15) is 5.82 Å². The van der Waals surface area contributed by atoms with Gasteiger partial charge in [0, 0.05) is 19.8 Å². The molecule has 0 aromatic heterocycles. The van der Waals surface area contributed by atoms with Gasteiger partial charge in [0.05, 0.1) is 5.92 Å². The summed E-state index contributed by atoms with van der Waals surface area (Å²) < 4.78 is 12.9. The largest absolute Gasteiger partial charge is 0.481 e. The molecule has 1 N–H and O–H groups in total. The number of aliphatic carboxylic acids is 1. The van der Waals surface area contributed by atoms with Crippen LogP contribution in [0.5, 0.6) is 0 Å². The van der Waals surface area contributed by atoms with Gasteiger partial charge < -0.3 is 10.0 Å². The Bertz CT molecular complexity index is 606. The fourth-order valence-corrected chi connectivity index (χ4v) is 2.21. The monoisotopic (exact) mass is 287 g/mol. The molecule has 0 fully saturated rings. The molecule has 3 nitrogen and oxygen atoms in total. The summed E-state index contributed by atoms with van der Waals surface area (Å²) in [6, 6.07) is 13.4. The van der Waals surface area contributed by atoms with E-state index in [-0.39, 0.29) is 5.82 Å². The van der Waals surface area contributed by atoms with E-state index in [1.54, 1.807) is 12.1 Å². The molecule has 1 unspecified atom stereocenters. The molecule has 0 bridgehead atoms. The second-order valence-corrected chi connectivity index (χ2v) is 5.21. The normalized spacial score (nSPS) is 12.0. The van der Waals surface area contributed by atoms with E-state index in [4.69, 9.17) is 0 Å². The third-order valence-electron chi connectivity index (χ3n) is 3.46. The number of hydrogen-bond acceptors (Lipinski definition) is 2. The smallest absolute Gasteiger partial charge is 0.311 e. The summed E-state index contributed by atoms with van der Waals surface area (Å²) in [7, 11) is 3.87. The van der Waals surface area contributed by atoms with E-state index in [2.05, 4.69) is 0 Å². The van der Waals surface area contributed by atoms with Crippen LogP contribution in [0.4, 0.5) is 10.1 Å². The molecule has 0 amide bonds. The molecular weight excluding hydrogens is 269 g/mol. The summed E-state index contributed by atoms with van der Waals surface area (Å²) in [6.45, 7) is 0. The fourth-order valence-electron chi connectivity index (χ4n) is 2.21. The van der Waals surface area contributed by atoms with E-state index in [0.29, 0.717) is 6.42 Å². The third kappa shape index (κ3) is 3.81. The lowest BCUT2D eigenvalue weighted by Crippen LogP contribution is -2.15. The molecule has 0 aliphatic heterocycles. The van der Waals surface area contributed by atoms with Gasteiger partial charge in [-0.15, -0.1) is 0 Å². The molecule has 0 aliphatic carbocycles. The highest BCUT2D eigenvalue weighted by Gasteiger charge is 2.20. The van der Waals surface area contributed by atoms with Crippen LogP contribution in [0.25, 0.3) is 0 Å². The lowest BCUT2D eigenvalue weighted by Gasteiger charge is -2.16. The second-order valence-electron chi connectivity index (χ2n) is 5.21. The van der Waals surface area contributed by atoms with E-state index in [1.807, 2.05) is 43.3 Å².